The third kappa shape index (κ3) is 3.31. The molecule has 0 spiro atoms. The monoisotopic (exact) mass is 352 g/mol. The lowest BCUT2D eigenvalue weighted by molar-refractivity contribution is -0.401. The molecule has 2 saturated carbocycles. The van der Waals surface area contributed by atoms with Crippen molar-refractivity contribution in [2.45, 2.75) is 62.7 Å². The Hall–Kier alpha value is -0.570. The molecule has 0 heterocycles. The lowest BCUT2D eigenvalue weighted by Crippen LogP contribution is -2.62. The molecule has 2 fully saturated rings. The molecule has 136 valence electrons. The van der Waals surface area contributed by atoms with Crippen LogP contribution in [0, 0.1) is 11.8 Å². The van der Waals surface area contributed by atoms with Gasteiger partial charge in [-0.2, -0.15) is 26.3 Å². The molecule has 0 aromatic carbocycles. The number of fused-ring (bicyclic) bond motifs is 2. The minimum atomic E-state index is -5.79. The maximum absolute atomic E-state index is 15.0. The van der Waals surface area contributed by atoms with Gasteiger partial charge in [0.2, 0.25) is 0 Å². The Labute approximate surface area is 129 Å². The summed E-state index contributed by atoms with van der Waals surface area (Å²) in [6, 6.07) is 0. The van der Waals surface area contributed by atoms with Crippen molar-refractivity contribution in [3.63, 3.8) is 0 Å². The summed E-state index contributed by atoms with van der Waals surface area (Å²) in [6.07, 6.45) is -12.3. The molecule has 0 aliphatic heterocycles. The molecule has 2 nitrogen and oxygen atoms in total. The van der Waals surface area contributed by atoms with E-state index in [2.05, 4.69) is 9.47 Å². The molecular weight excluding hydrogens is 333 g/mol. The predicted octanol–water partition coefficient (Wildman–Crippen LogP) is 4.78. The lowest BCUT2D eigenvalue weighted by Gasteiger charge is -2.42. The number of rotatable bonds is 6. The van der Waals surface area contributed by atoms with E-state index in [1.807, 2.05) is 0 Å². The fourth-order valence-electron chi connectivity index (χ4n) is 3.81. The maximum Gasteiger partial charge on any atom is 0.426 e. The molecule has 3 atom stereocenters. The molecule has 0 amide bonds. The van der Waals surface area contributed by atoms with Crippen molar-refractivity contribution in [1.82, 2.24) is 0 Å². The van der Waals surface area contributed by atoms with Gasteiger partial charge in [0, 0.05) is 13.0 Å². The maximum atomic E-state index is 15.0. The summed E-state index contributed by atoms with van der Waals surface area (Å²) in [6.45, 7) is 0.0930. The molecule has 2 rings (SSSR count). The molecular formula is C14H19F7O2. The average molecular weight is 352 g/mol. The van der Waals surface area contributed by atoms with Crippen LogP contribution in [0.1, 0.15) is 39.0 Å². The SMILES string of the molecule is CCOCOC(CC1(F)CC2CCC1C2)(C(F)(F)F)C(F)(F)F. The zero-order chi connectivity index (χ0) is 17.5. The van der Waals surface area contributed by atoms with Gasteiger partial charge in [-0.15, -0.1) is 0 Å². The van der Waals surface area contributed by atoms with Crippen molar-refractivity contribution in [1.29, 1.82) is 0 Å². The molecule has 2 bridgehead atoms. The van der Waals surface area contributed by atoms with Gasteiger partial charge in [-0.25, -0.2) is 4.39 Å². The van der Waals surface area contributed by atoms with Gasteiger partial charge in [0.1, 0.15) is 12.5 Å². The summed E-state index contributed by atoms with van der Waals surface area (Å²) in [4.78, 5) is 0. The third-order valence-electron chi connectivity index (χ3n) is 4.95. The van der Waals surface area contributed by atoms with E-state index in [-0.39, 0.29) is 18.9 Å². The summed E-state index contributed by atoms with van der Waals surface area (Å²) in [5.41, 5.74) is -7.06. The second-order valence-corrected chi connectivity index (χ2v) is 6.37. The Morgan fingerprint density at radius 1 is 1.04 bits per heavy atom. The van der Waals surface area contributed by atoms with Crippen molar-refractivity contribution in [3.05, 3.63) is 0 Å². The van der Waals surface area contributed by atoms with Crippen molar-refractivity contribution in [2.24, 2.45) is 11.8 Å². The molecule has 2 aliphatic carbocycles. The molecule has 0 saturated heterocycles. The quantitative estimate of drug-likeness (QED) is 0.389. The lowest BCUT2D eigenvalue weighted by atomic mass is 9.77. The first kappa shape index (κ1) is 18.8. The second-order valence-electron chi connectivity index (χ2n) is 6.37. The fourth-order valence-corrected chi connectivity index (χ4v) is 3.81. The summed E-state index contributed by atoms with van der Waals surface area (Å²) in [5.74, 6) is -0.914. The van der Waals surface area contributed by atoms with Gasteiger partial charge < -0.3 is 9.47 Å². The van der Waals surface area contributed by atoms with Crippen LogP contribution in [0.25, 0.3) is 0 Å². The van der Waals surface area contributed by atoms with E-state index in [1.165, 1.54) is 6.92 Å². The highest BCUT2D eigenvalue weighted by Crippen LogP contribution is 2.60. The third-order valence-corrected chi connectivity index (χ3v) is 4.95. The molecule has 3 unspecified atom stereocenters. The first-order chi connectivity index (χ1) is 10.5. The first-order valence-electron chi connectivity index (χ1n) is 7.49. The number of halogens is 7. The van der Waals surface area contributed by atoms with E-state index in [1.54, 1.807) is 0 Å². The van der Waals surface area contributed by atoms with E-state index in [0.717, 1.165) is 0 Å². The molecule has 9 heteroatoms. The van der Waals surface area contributed by atoms with Crippen LogP contribution in [-0.2, 0) is 9.47 Å². The molecule has 2 aliphatic rings. The predicted molar refractivity (Wildman–Crippen MR) is 66.3 cm³/mol. The highest BCUT2D eigenvalue weighted by atomic mass is 19.4. The van der Waals surface area contributed by atoms with Gasteiger partial charge in [-0.05, 0) is 44.4 Å². The standard InChI is InChI=1S/C14H19F7O2/c1-2-22-8-23-12(13(16,17)18,14(19,20)21)7-11(15)6-9-3-4-10(11)5-9/h9-10H,2-8H2,1H3. The minimum absolute atomic E-state index is 0.114. The van der Waals surface area contributed by atoms with Crippen LogP contribution in [0.2, 0.25) is 0 Å². The summed E-state index contributed by atoms with van der Waals surface area (Å²) >= 11 is 0. The average Bonchev–Trinajstić information content (AvgIpc) is 2.95. The smallest absolute Gasteiger partial charge is 0.356 e. The highest BCUT2D eigenvalue weighted by Gasteiger charge is 2.75. The van der Waals surface area contributed by atoms with Gasteiger partial charge in [-0.3, -0.25) is 0 Å². The highest BCUT2D eigenvalue weighted by molar-refractivity contribution is 5.09. The number of hydrogen-bond donors (Lipinski definition) is 0. The van der Waals surface area contributed by atoms with Gasteiger partial charge in [0.05, 0.1) is 0 Å². The number of ether oxygens (including phenoxy) is 2. The van der Waals surface area contributed by atoms with Gasteiger partial charge in [0.25, 0.3) is 5.60 Å². The van der Waals surface area contributed by atoms with E-state index < -0.39 is 42.8 Å². The molecule has 0 N–H and O–H groups in total. The van der Waals surface area contributed by atoms with Crippen LogP contribution in [0.15, 0.2) is 0 Å². The van der Waals surface area contributed by atoms with Crippen LogP contribution in [0.5, 0.6) is 0 Å². The van der Waals surface area contributed by atoms with E-state index in [0.29, 0.717) is 19.3 Å². The normalized spacial score (nSPS) is 31.8. The van der Waals surface area contributed by atoms with Gasteiger partial charge in [0.15, 0.2) is 0 Å². The van der Waals surface area contributed by atoms with Crippen molar-refractivity contribution >= 4 is 0 Å². The van der Waals surface area contributed by atoms with Crippen LogP contribution in [0.3, 0.4) is 0 Å². The van der Waals surface area contributed by atoms with Crippen LogP contribution in [0.4, 0.5) is 30.7 Å². The Kier molecular flexibility index (Phi) is 4.94. The zero-order valence-corrected chi connectivity index (χ0v) is 12.6. The first-order valence-corrected chi connectivity index (χ1v) is 7.49. The fraction of sp³-hybridized carbons (Fsp3) is 1.00. The minimum Gasteiger partial charge on any atom is -0.356 e. The largest absolute Gasteiger partial charge is 0.426 e. The molecule has 0 aromatic rings. The Bertz CT molecular complexity index is 406. The Balaban J connectivity index is 2.32. The van der Waals surface area contributed by atoms with Crippen molar-refractivity contribution in [2.75, 3.05) is 13.4 Å². The Morgan fingerprint density at radius 3 is 2.04 bits per heavy atom. The van der Waals surface area contributed by atoms with Gasteiger partial charge >= 0.3 is 12.4 Å². The summed E-state index contributed by atoms with van der Waals surface area (Å²) in [7, 11) is 0. The molecule has 0 aromatic heterocycles. The van der Waals surface area contributed by atoms with E-state index >= 15 is 0 Å². The summed E-state index contributed by atoms with van der Waals surface area (Å²) in [5, 5.41) is 0. The summed E-state index contributed by atoms with van der Waals surface area (Å²) < 4.78 is 103. The molecule has 23 heavy (non-hydrogen) atoms. The van der Waals surface area contributed by atoms with Crippen molar-refractivity contribution < 1.29 is 40.2 Å². The second kappa shape index (κ2) is 6.06. The van der Waals surface area contributed by atoms with Crippen LogP contribution < -0.4 is 0 Å². The van der Waals surface area contributed by atoms with Crippen LogP contribution in [-0.4, -0.2) is 37.0 Å². The Morgan fingerprint density at radius 2 is 1.65 bits per heavy atom. The topological polar surface area (TPSA) is 18.5 Å². The van der Waals surface area contributed by atoms with E-state index in [4.69, 9.17) is 0 Å². The zero-order valence-electron chi connectivity index (χ0n) is 12.6. The van der Waals surface area contributed by atoms with Crippen LogP contribution >= 0.6 is 0 Å². The van der Waals surface area contributed by atoms with E-state index in [9.17, 15) is 30.7 Å². The number of alkyl halides is 7. The van der Waals surface area contributed by atoms with Gasteiger partial charge in [-0.1, -0.05) is 0 Å². The van der Waals surface area contributed by atoms with Crippen molar-refractivity contribution in [3.8, 4) is 0 Å². The number of hydrogen-bond acceptors (Lipinski definition) is 2. The molecule has 0 radical (unpaired) electrons.